The predicted octanol–water partition coefficient (Wildman–Crippen LogP) is -1.84. The molecule has 24 heavy (non-hydrogen) atoms. The van der Waals surface area contributed by atoms with Crippen LogP contribution < -0.4 is 11.5 Å². The van der Waals surface area contributed by atoms with Crippen LogP contribution in [0.15, 0.2) is 6.20 Å². The highest BCUT2D eigenvalue weighted by Crippen LogP contribution is 2.47. The summed E-state index contributed by atoms with van der Waals surface area (Å²) in [4.78, 5) is 7.35. The summed E-state index contributed by atoms with van der Waals surface area (Å²) in [5.41, 5.74) is 7.25. The summed E-state index contributed by atoms with van der Waals surface area (Å²) in [6.07, 6.45) is -7.89. The standard InChI is InChI=1S/C11H13F3N6O4/c12-4-5(22)10(2-21,8(13)14)24-11(4,23)3-1-17-7-6(15)18-9(16)19-20(3)7/h1,4-5,8,21-23H,2H2,(H4,15,16,18,19)/t4-,5+,10-,11+/m1/s1. The van der Waals surface area contributed by atoms with Crippen molar-refractivity contribution in [2.45, 2.75) is 30.1 Å². The minimum atomic E-state index is -3.49. The van der Waals surface area contributed by atoms with E-state index < -0.39 is 42.4 Å². The highest BCUT2D eigenvalue weighted by atomic mass is 19.3. The number of rotatable bonds is 3. The lowest BCUT2D eigenvalue weighted by Crippen LogP contribution is -2.51. The van der Waals surface area contributed by atoms with Crippen molar-refractivity contribution < 1.29 is 33.2 Å². The number of hydrogen-bond acceptors (Lipinski definition) is 9. The lowest BCUT2D eigenvalue weighted by Gasteiger charge is -2.29. The van der Waals surface area contributed by atoms with E-state index in [1.165, 1.54) is 0 Å². The van der Waals surface area contributed by atoms with Crippen LogP contribution in [0.5, 0.6) is 0 Å². The van der Waals surface area contributed by atoms with Gasteiger partial charge in [0.25, 0.3) is 6.43 Å². The van der Waals surface area contributed by atoms with Gasteiger partial charge in [0, 0.05) is 0 Å². The Hall–Kier alpha value is -2.22. The number of anilines is 2. The van der Waals surface area contributed by atoms with E-state index in [9.17, 15) is 28.5 Å². The molecule has 1 saturated heterocycles. The van der Waals surface area contributed by atoms with Crippen molar-refractivity contribution in [2.75, 3.05) is 18.1 Å². The Labute approximate surface area is 131 Å². The second-order valence-electron chi connectivity index (χ2n) is 5.29. The normalized spacial score (nSPS) is 33.6. The summed E-state index contributed by atoms with van der Waals surface area (Å²) in [5, 5.41) is 33.1. The van der Waals surface area contributed by atoms with E-state index in [1.54, 1.807) is 0 Å². The molecule has 10 nitrogen and oxygen atoms in total. The van der Waals surface area contributed by atoms with Crippen LogP contribution in [0, 0.1) is 0 Å². The van der Waals surface area contributed by atoms with Crippen LogP contribution in [-0.4, -0.2) is 65.8 Å². The number of fused-ring (bicyclic) bond motifs is 1. The third kappa shape index (κ3) is 1.95. The summed E-state index contributed by atoms with van der Waals surface area (Å²) in [7, 11) is 0. The molecule has 0 unspecified atom stereocenters. The van der Waals surface area contributed by atoms with Gasteiger partial charge in [-0.05, 0) is 0 Å². The number of nitrogen functional groups attached to an aromatic ring is 2. The average Bonchev–Trinajstić information content (AvgIpc) is 3.02. The van der Waals surface area contributed by atoms with E-state index in [0.717, 1.165) is 10.7 Å². The zero-order valence-electron chi connectivity index (χ0n) is 11.8. The molecule has 0 bridgehead atoms. The van der Waals surface area contributed by atoms with Gasteiger partial charge in [-0.15, -0.1) is 5.10 Å². The van der Waals surface area contributed by atoms with Gasteiger partial charge in [-0.25, -0.2) is 22.7 Å². The van der Waals surface area contributed by atoms with Crippen molar-refractivity contribution in [1.29, 1.82) is 0 Å². The first-order chi connectivity index (χ1) is 11.2. The molecule has 0 saturated carbocycles. The smallest absolute Gasteiger partial charge is 0.272 e. The molecule has 3 rings (SSSR count). The number of nitrogens with two attached hydrogens (primary N) is 2. The van der Waals surface area contributed by atoms with Crippen molar-refractivity contribution >= 4 is 17.4 Å². The number of alkyl halides is 3. The molecule has 132 valence electrons. The summed E-state index contributed by atoms with van der Waals surface area (Å²) >= 11 is 0. The number of nitrogens with zero attached hydrogens (tertiary/aromatic N) is 4. The second kappa shape index (κ2) is 5.14. The molecule has 0 radical (unpaired) electrons. The summed E-state index contributed by atoms with van der Waals surface area (Å²) < 4.78 is 46.4. The Morgan fingerprint density at radius 3 is 2.62 bits per heavy atom. The van der Waals surface area contributed by atoms with Crippen LogP contribution >= 0.6 is 0 Å². The molecule has 2 aromatic rings. The molecule has 1 aliphatic rings. The highest BCUT2D eigenvalue weighted by molar-refractivity contribution is 5.61. The minimum Gasteiger partial charge on any atom is -0.393 e. The van der Waals surface area contributed by atoms with Crippen LogP contribution in [0.3, 0.4) is 0 Å². The maximum atomic E-state index is 14.5. The molecule has 1 fully saturated rings. The fraction of sp³-hybridized carbons (Fsp3) is 0.545. The fourth-order valence-corrected chi connectivity index (χ4v) is 2.59. The van der Waals surface area contributed by atoms with Gasteiger partial charge in [0.1, 0.15) is 11.8 Å². The Morgan fingerprint density at radius 2 is 2.08 bits per heavy atom. The van der Waals surface area contributed by atoms with E-state index in [2.05, 4.69) is 15.1 Å². The molecule has 3 heterocycles. The zero-order valence-corrected chi connectivity index (χ0v) is 11.8. The van der Waals surface area contributed by atoms with Gasteiger partial charge in [-0.2, -0.15) is 4.98 Å². The van der Waals surface area contributed by atoms with Crippen LogP contribution in [0.25, 0.3) is 5.65 Å². The first-order valence-electron chi connectivity index (χ1n) is 6.58. The van der Waals surface area contributed by atoms with Crippen molar-refractivity contribution in [3.05, 3.63) is 11.9 Å². The molecule has 0 spiro atoms. The van der Waals surface area contributed by atoms with Crippen LogP contribution in [0.2, 0.25) is 0 Å². The molecule has 2 aromatic heterocycles. The van der Waals surface area contributed by atoms with Crippen LogP contribution in [0.1, 0.15) is 5.69 Å². The Balaban J connectivity index is 2.19. The van der Waals surface area contributed by atoms with Crippen molar-refractivity contribution in [1.82, 2.24) is 19.6 Å². The largest absolute Gasteiger partial charge is 0.393 e. The minimum absolute atomic E-state index is 0.142. The summed E-state index contributed by atoms with van der Waals surface area (Å²) in [5.74, 6) is -3.65. The Kier molecular flexibility index (Phi) is 3.56. The average molecular weight is 350 g/mol. The topological polar surface area (TPSA) is 165 Å². The highest BCUT2D eigenvalue weighted by Gasteiger charge is 2.68. The maximum absolute atomic E-state index is 14.5. The molecule has 7 N–H and O–H groups in total. The van der Waals surface area contributed by atoms with Gasteiger partial charge >= 0.3 is 0 Å². The first-order valence-corrected chi connectivity index (χ1v) is 6.58. The summed E-state index contributed by atoms with van der Waals surface area (Å²) in [6, 6.07) is 0. The van der Waals surface area contributed by atoms with Gasteiger partial charge in [-0.3, -0.25) is 0 Å². The third-order valence-electron chi connectivity index (χ3n) is 3.89. The monoisotopic (exact) mass is 350 g/mol. The van der Waals surface area contributed by atoms with Crippen molar-refractivity contribution in [3.63, 3.8) is 0 Å². The lowest BCUT2D eigenvalue weighted by atomic mass is 9.95. The van der Waals surface area contributed by atoms with Gasteiger partial charge in [0.15, 0.2) is 23.2 Å². The van der Waals surface area contributed by atoms with Crippen molar-refractivity contribution in [3.8, 4) is 0 Å². The van der Waals surface area contributed by atoms with Gasteiger partial charge < -0.3 is 31.5 Å². The third-order valence-corrected chi connectivity index (χ3v) is 3.89. The quantitative estimate of drug-likeness (QED) is 0.427. The number of aliphatic hydroxyl groups excluding tert-OH is 2. The van der Waals surface area contributed by atoms with E-state index in [0.29, 0.717) is 0 Å². The van der Waals surface area contributed by atoms with E-state index >= 15 is 0 Å². The lowest BCUT2D eigenvalue weighted by molar-refractivity contribution is -0.284. The van der Waals surface area contributed by atoms with E-state index in [4.69, 9.17) is 16.2 Å². The number of aliphatic hydroxyl groups is 3. The van der Waals surface area contributed by atoms with E-state index in [1.807, 2.05) is 0 Å². The molecular formula is C11H13F3N6O4. The molecule has 0 aromatic carbocycles. The SMILES string of the molecule is Nc1nc(N)c2ncc([C@]3(O)O[C@@](CO)(C(F)F)[C@@H](O)[C@H]3F)n2n1. The van der Waals surface area contributed by atoms with Crippen LogP contribution in [-0.2, 0) is 10.5 Å². The van der Waals surface area contributed by atoms with Gasteiger partial charge in [0.05, 0.1) is 12.8 Å². The Bertz CT molecular complexity index is 790. The molecule has 13 heteroatoms. The predicted molar refractivity (Wildman–Crippen MR) is 71.3 cm³/mol. The second-order valence-corrected chi connectivity index (χ2v) is 5.29. The zero-order chi connectivity index (χ0) is 17.9. The maximum Gasteiger partial charge on any atom is 0.272 e. The van der Waals surface area contributed by atoms with Gasteiger partial charge in [-0.1, -0.05) is 0 Å². The molecule has 0 aliphatic carbocycles. The van der Waals surface area contributed by atoms with E-state index in [-0.39, 0.29) is 17.4 Å². The Morgan fingerprint density at radius 1 is 1.42 bits per heavy atom. The molecule has 4 atom stereocenters. The van der Waals surface area contributed by atoms with Crippen molar-refractivity contribution in [2.24, 2.45) is 0 Å². The number of halogens is 3. The summed E-state index contributed by atoms with van der Waals surface area (Å²) in [6.45, 7) is -1.44. The van der Waals surface area contributed by atoms with Gasteiger partial charge in [0.2, 0.25) is 11.7 Å². The molecular weight excluding hydrogens is 337 g/mol. The molecule has 0 amide bonds. The fourth-order valence-electron chi connectivity index (χ4n) is 2.59. The first kappa shape index (κ1) is 16.6. The number of ether oxygens (including phenoxy) is 1. The number of hydrogen-bond donors (Lipinski definition) is 5. The molecule has 1 aliphatic heterocycles. The number of imidazole rings is 1. The van der Waals surface area contributed by atoms with Crippen LogP contribution in [0.4, 0.5) is 24.9 Å². The number of aromatic nitrogens is 4.